The summed E-state index contributed by atoms with van der Waals surface area (Å²) in [7, 11) is -6.41. The highest BCUT2D eigenvalue weighted by molar-refractivity contribution is 7.89. The van der Waals surface area contributed by atoms with Crippen LogP contribution in [-0.2, 0) is 24.8 Å². The van der Waals surface area contributed by atoms with Crippen LogP contribution in [0.4, 0.5) is 5.69 Å². The summed E-state index contributed by atoms with van der Waals surface area (Å²) in [6.07, 6.45) is 3.65. The van der Waals surface area contributed by atoms with Gasteiger partial charge in [0.05, 0.1) is 11.4 Å². The zero-order valence-electron chi connectivity index (χ0n) is 19.3. The number of rotatable bonds is 7. The average molecular weight is 499 g/mol. The summed E-state index contributed by atoms with van der Waals surface area (Å²) >= 11 is 0. The minimum Gasteiger partial charge on any atom is -0.360 e. The van der Waals surface area contributed by atoms with Crippen LogP contribution in [0.1, 0.15) is 42.7 Å². The second kappa shape index (κ2) is 9.92. The van der Waals surface area contributed by atoms with Crippen molar-refractivity contribution in [3.8, 4) is 0 Å². The maximum absolute atomic E-state index is 13.2. The van der Waals surface area contributed by atoms with Gasteiger partial charge in [-0.05, 0) is 51.3 Å². The van der Waals surface area contributed by atoms with E-state index in [1.807, 2.05) is 0 Å². The van der Waals surface area contributed by atoms with Gasteiger partial charge in [0.1, 0.15) is 10.6 Å². The fraction of sp³-hybridized carbons (Fsp3) is 0.524. The number of sulfonamides is 2. The second-order valence-corrected chi connectivity index (χ2v) is 12.1. The molecule has 1 fully saturated rings. The van der Waals surface area contributed by atoms with Crippen LogP contribution in [0, 0.1) is 20.8 Å². The molecule has 12 heteroatoms. The maximum Gasteiger partial charge on any atom is 0.248 e. The molecule has 1 saturated heterocycles. The highest BCUT2D eigenvalue weighted by atomic mass is 32.2. The quantitative estimate of drug-likeness (QED) is 0.620. The lowest BCUT2D eigenvalue weighted by Gasteiger charge is -2.22. The molecule has 3 rings (SSSR count). The Kier molecular flexibility index (Phi) is 7.62. The van der Waals surface area contributed by atoms with Crippen LogP contribution in [0.3, 0.4) is 0 Å². The smallest absolute Gasteiger partial charge is 0.248 e. The number of hydrogen-bond donors (Lipinski definition) is 1. The van der Waals surface area contributed by atoms with E-state index in [1.54, 1.807) is 19.1 Å². The van der Waals surface area contributed by atoms with Crippen LogP contribution in [0.2, 0.25) is 0 Å². The molecule has 0 radical (unpaired) electrons. The fourth-order valence-electron chi connectivity index (χ4n) is 3.86. The molecule has 1 aliphatic rings. The minimum absolute atomic E-state index is 0.0704. The highest BCUT2D eigenvalue weighted by Crippen LogP contribution is 2.26. The van der Waals surface area contributed by atoms with Crippen molar-refractivity contribution >= 4 is 31.6 Å². The van der Waals surface area contributed by atoms with Gasteiger partial charge >= 0.3 is 0 Å². The first kappa shape index (κ1) is 25.3. The molecule has 0 saturated carbocycles. The fourth-order valence-corrected chi connectivity index (χ4v) is 7.04. The molecule has 2 aromatic rings. The Balaban J connectivity index is 1.77. The summed E-state index contributed by atoms with van der Waals surface area (Å²) in [5.41, 5.74) is 1.07. The first-order valence-electron chi connectivity index (χ1n) is 10.7. The molecule has 0 unspecified atom stereocenters. The monoisotopic (exact) mass is 498 g/mol. The van der Waals surface area contributed by atoms with Crippen LogP contribution in [-0.4, -0.2) is 63.2 Å². The molecule has 182 valence electrons. The Morgan fingerprint density at radius 3 is 2.30 bits per heavy atom. The van der Waals surface area contributed by atoms with Crippen molar-refractivity contribution in [1.82, 2.24) is 13.8 Å². The number of amides is 1. The van der Waals surface area contributed by atoms with Crippen molar-refractivity contribution in [3.63, 3.8) is 0 Å². The largest absolute Gasteiger partial charge is 0.360 e. The van der Waals surface area contributed by atoms with Gasteiger partial charge in [-0.1, -0.05) is 24.1 Å². The van der Waals surface area contributed by atoms with E-state index in [0.717, 1.165) is 30.0 Å². The maximum atomic E-state index is 13.2. The van der Waals surface area contributed by atoms with E-state index in [9.17, 15) is 21.6 Å². The number of benzene rings is 1. The molecular formula is C21H30N4O6S2. The summed E-state index contributed by atoms with van der Waals surface area (Å²) in [6, 6.07) is 4.65. The number of carbonyl (C=O) groups excluding carboxylic acids is 1. The van der Waals surface area contributed by atoms with E-state index in [2.05, 4.69) is 10.5 Å². The Bertz CT molecular complexity index is 1210. The number of nitrogens with one attached hydrogen (secondary N) is 1. The minimum atomic E-state index is -3.99. The summed E-state index contributed by atoms with van der Waals surface area (Å²) in [5.74, 6) is -0.462. The van der Waals surface area contributed by atoms with Gasteiger partial charge in [0.2, 0.25) is 26.0 Å². The van der Waals surface area contributed by atoms with E-state index in [4.69, 9.17) is 4.52 Å². The Morgan fingerprint density at radius 1 is 1.09 bits per heavy atom. The third-order valence-electron chi connectivity index (χ3n) is 5.66. The molecule has 2 heterocycles. The molecule has 1 aliphatic heterocycles. The van der Waals surface area contributed by atoms with E-state index < -0.39 is 32.5 Å². The number of likely N-dealkylation sites (N-methyl/N-ethyl adjacent to an activating group) is 1. The predicted octanol–water partition coefficient (Wildman–Crippen LogP) is 2.42. The van der Waals surface area contributed by atoms with Crippen LogP contribution in [0.25, 0.3) is 0 Å². The third-order valence-corrected chi connectivity index (χ3v) is 9.75. The van der Waals surface area contributed by atoms with E-state index in [1.165, 1.54) is 31.3 Å². The van der Waals surface area contributed by atoms with E-state index >= 15 is 0 Å². The number of carbonyl (C=O) groups is 1. The molecule has 1 amide bonds. The van der Waals surface area contributed by atoms with Crippen LogP contribution >= 0.6 is 0 Å². The lowest BCUT2D eigenvalue weighted by molar-refractivity contribution is -0.116. The van der Waals surface area contributed by atoms with Crippen molar-refractivity contribution in [3.05, 3.63) is 35.2 Å². The predicted molar refractivity (Wildman–Crippen MR) is 123 cm³/mol. The van der Waals surface area contributed by atoms with Gasteiger partial charge in [-0.25, -0.2) is 16.8 Å². The van der Waals surface area contributed by atoms with Crippen molar-refractivity contribution < 1.29 is 26.2 Å². The highest BCUT2D eigenvalue weighted by Gasteiger charge is 2.30. The second-order valence-electron chi connectivity index (χ2n) is 8.26. The van der Waals surface area contributed by atoms with Crippen molar-refractivity contribution in [2.75, 3.05) is 32.0 Å². The Morgan fingerprint density at radius 2 is 1.73 bits per heavy atom. The number of nitrogens with zero attached hydrogens (tertiary/aromatic N) is 3. The molecule has 0 atom stereocenters. The molecule has 1 aromatic carbocycles. The summed E-state index contributed by atoms with van der Waals surface area (Å²) in [6.45, 7) is 5.19. The molecule has 0 aliphatic carbocycles. The zero-order valence-corrected chi connectivity index (χ0v) is 20.9. The van der Waals surface area contributed by atoms with Gasteiger partial charge < -0.3 is 9.84 Å². The number of anilines is 1. The summed E-state index contributed by atoms with van der Waals surface area (Å²) in [5, 5.41) is 6.26. The molecule has 0 spiro atoms. The van der Waals surface area contributed by atoms with Crippen LogP contribution < -0.4 is 5.32 Å². The van der Waals surface area contributed by atoms with Crippen molar-refractivity contribution in [2.24, 2.45) is 0 Å². The lowest BCUT2D eigenvalue weighted by atomic mass is 10.2. The molecule has 1 aromatic heterocycles. The van der Waals surface area contributed by atoms with Gasteiger partial charge in [0.25, 0.3) is 0 Å². The lowest BCUT2D eigenvalue weighted by Crippen LogP contribution is -2.35. The Labute approximate surface area is 195 Å². The van der Waals surface area contributed by atoms with Crippen LogP contribution in [0.5, 0.6) is 0 Å². The first-order valence-corrected chi connectivity index (χ1v) is 13.6. The molecule has 33 heavy (non-hydrogen) atoms. The van der Waals surface area contributed by atoms with Gasteiger partial charge in [0.15, 0.2) is 5.76 Å². The van der Waals surface area contributed by atoms with Crippen molar-refractivity contribution in [1.29, 1.82) is 0 Å². The van der Waals surface area contributed by atoms with E-state index in [-0.39, 0.29) is 26.9 Å². The van der Waals surface area contributed by atoms with E-state index in [0.29, 0.717) is 18.7 Å². The number of hydrogen-bond acceptors (Lipinski definition) is 7. The zero-order chi connectivity index (χ0) is 24.4. The normalized spacial score (nSPS) is 16.0. The van der Waals surface area contributed by atoms with Gasteiger partial charge in [-0.3, -0.25) is 4.79 Å². The number of aromatic nitrogens is 1. The summed E-state index contributed by atoms with van der Waals surface area (Å²) < 4.78 is 59.4. The average Bonchev–Trinajstić information content (AvgIpc) is 2.94. The summed E-state index contributed by atoms with van der Waals surface area (Å²) in [4.78, 5) is 12.7. The van der Waals surface area contributed by atoms with Gasteiger partial charge in [-0.2, -0.15) is 8.61 Å². The van der Waals surface area contributed by atoms with Crippen LogP contribution in [0.15, 0.2) is 32.5 Å². The standard InChI is InChI=1S/C21H30N4O6S2/c1-15-9-10-18(13-19(15)32(27,28)25-11-7-5-6-8-12-25)22-20(26)14-24(4)33(29,30)21-16(2)23-31-17(21)3/h9-10,13H,5-8,11-12,14H2,1-4H3,(H,22,26). The van der Waals surface area contributed by atoms with Gasteiger partial charge in [0, 0.05) is 25.8 Å². The number of aryl methyl sites for hydroxylation is 3. The topological polar surface area (TPSA) is 130 Å². The molecule has 0 bridgehead atoms. The Hall–Kier alpha value is -2.28. The van der Waals surface area contributed by atoms with Gasteiger partial charge in [-0.15, -0.1) is 0 Å². The molecular weight excluding hydrogens is 468 g/mol. The molecule has 10 nitrogen and oxygen atoms in total. The van der Waals surface area contributed by atoms with Crippen molar-refractivity contribution in [2.45, 2.75) is 56.2 Å². The first-order chi connectivity index (χ1) is 15.4. The SMILES string of the molecule is Cc1ccc(NC(=O)CN(C)S(=O)(=O)c2c(C)noc2C)cc1S(=O)(=O)N1CCCCCC1. The molecule has 1 N–H and O–H groups in total. The third kappa shape index (κ3) is 5.45.